The maximum atomic E-state index is 5.89. The van der Waals surface area contributed by atoms with Crippen molar-refractivity contribution >= 4 is 23.4 Å². The van der Waals surface area contributed by atoms with Gasteiger partial charge in [0.05, 0.1) is 12.2 Å². The Bertz CT molecular complexity index is 394. The monoisotopic (exact) mass is 256 g/mol. The van der Waals surface area contributed by atoms with Crippen molar-refractivity contribution in [3.05, 3.63) is 11.2 Å². The topological polar surface area (TPSA) is 64.3 Å². The van der Waals surface area contributed by atoms with E-state index in [9.17, 15) is 0 Å². The molecule has 0 amide bonds. The summed E-state index contributed by atoms with van der Waals surface area (Å²) in [6.07, 6.45) is 0.956. The summed E-state index contributed by atoms with van der Waals surface area (Å²) in [4.78, 5) is 10.2. The summed E-state index contributed by atoms with van der Waals surface area (Å²) in [6, 6.07) is 1.74. The molecule has 2 rings (SSSR count). The zero-order valence-corrected chi connectivity index (χ0v) is 10.9. The number of morpholine rings is 1. The molecule has 0 aromatic carbocycles. The fourth-order valence-electron chi connectivity index (χ4n) is 1.92. The lowest BCUT2D eigenvalue weighted by molar-refractivity contribution is -0.0443. The number of nitrogens with two attached hydrogens (primary N) is 1. The number of anilines is 2. The third-order valence-electron chi connectivity index (χ3n) is 3.11. The van der Waals surface area contributed by atoms with Crippen molar-refractivity contribution in [2.24, 2.45) is 0 Å². The molecule has 0 spiro atoms. The molecular weight excluding hydrogens is 240 g/mol. The Labute approximate surface area is 106 Å². The number of nitrogen functional groups attached to an aromatic ring is 1. The van der Waals surface area contributed by atoms with Crippen molar-refractivity contribution in [3.63, 3.8) is 0 Å². The van der Waals surface area contributed by atoms with Gasteiger partial charge in [0.25, 0.3) is 0 Å². The quantitative estimate of drug-likeness (QED) is 0.817. The van der Waals surface area contributed by atoms with Crippen molar-refractivity contribution in [2.45, 2.75) is 25.9 Å². The lowest BCUT2D eigenvalue weighted by Crippen LogP contribution is -2.50. The van der Waals surface area contributed by atoms with Crippen LogP contribution < -0.4 is 10.6 Å². The number of ether oxygens (including phenoxy) is 1. The Hall–Kier alpha value is -1.07. The molecule has 17 heavy (non-hydrogen) atoms. The van der Waals surface area contributed by atoms with Crippen LogP contribution in [0.15, 0.2) is 6.07 Å². The van der Waals surface area contributed by atoms with Crippen LogP contribution in [0.1, 0.15) is 20.3 Å². The van der Waals surface area contributed by atoms with Crippen LogP contribution in [-0.2, 0) is 4.74 Å². The molecule has 1 aromatic heterocycles. The number of hydrogen-bond acceptors (Lipinski definition) is 5. The molecule has 0 saturated carbocycles. The first kappa shape index (κ1) is 12.4. The second kappa shape index (κ2) is 4.66. The van der Waals surface area contributed by atoms with E-state index >= 15 is 0 Å². The van der Waals surface area contributed by atoms with Crippen molar-refractivity contribution in [2.75, 3.05) is 30.3 Å². The molecule has 0 aliphatic carbocycles. The van der Waals surface area contributed by atoms with E-state index in [1.54, 1.807) is 6.07 Å². The normalized spacial score (nSPS) is 25.0. The summed E-state index contributed by atoms with van der Waals surface area (Å²) >= 11 is 5.89. The van der Waals surface area contributed by atoms with Crippen LogP contribution in [-0.4, -0.2) is 35.3 Å². The summed E-state index contributed by atoms with van der Waals surface area (Å²) in [7, 11) is 0. The molecule has 1 aromatic rings. The van der Waals surface area contributed by atoms with Gasteiger partial charge in [-0.2, -0.15) is 4.98 Å². The number of nitrogens with zero attached hydrogens (tertiary/aromatic N) is 3. The number of rotatable bonds is 2. The van der Waals surface area contributed by atoms with Gasteiger partial charge < -0.3 is 15.4 Å². The minimum absolute atomic E-state index is 0.134. The minimum Gasteiger partial charge on any atom is -0.372 e. The average molecular weight is 257 g/mol. The molecule has 1 aliphatic rings. The van der Waals surface area contributed by atoms with E-state index in [0.717, 1.165) is 25.3 Å². The van der Waals surface area contributed by atoms with Gasteiger partial charge >= 0.3 is 0 Å². The number of aromatic nitrogens is 2. The second-order valence-electron chi connectivity index (χ2n) is 4.48. The van der Waals surface area contributed by atoms with E-state index in [4.69, 9.17) is 22.1 Å². The van der Waals surface area contributed by atoms with E-state index in [-0.39, 0.29) is 11.5 Å². The van der Waals surface area contributed by atoms with Gasteiger partial charge in [0, 0.05) is 19.2 Å². The largest absolute Gasteiger partial charge is 0.372 e. The third kappa shape index (κ3) is 2.79. The Morgan fingerprint density at radius 3 is 3.00 bits per heavy atom. The molecule has 1 atom stereocenters. The van der Waals surface area contributed by atoms with E-state index in [0.29, 0.717) is 11.8 Å². The summed E-state index contributed by atoms with van der Waals surface area (Å²) in [6.45, 7) is 6.49. The number of hydrogen-bond donors (Lipinski definition) is 1. The van der Waals surface area contributed by atoms with Crippen molar-refractivity contribution in [1.82, 2.24) is 9.97 Å². The van der Waals surface area contributed by atoms with Gasteiger partial charge in [-0.25, -0.2) is 4.98 Å². The summed E-state index contributed by atoms with van der Waals surface area (Å²) in [5.41, 5.74) is 5.47. The SMILES string of the molecule is CCC1(C)CN(c2cc(Cl)nc(N)n2)CCO1. The minimum atomic E-state index is -0.134. The fraction of sp³-hybridized carbons (Fsp3) is 0.636. The number of halogens is 1. The molecule has 5 nitrogen and oxygen atoms in total. The van der Waals surface area contributed by atoms with Crippen LogP contribution in [0.25, 0.3) is 0 Å². The van der Waals surface area contributed by atoms with Gasteiger partial charge in [-0.05, 0) is 13.3 Å². The third-order valence-corrected chi connectivity index (χ3v) is 3.30. The molecule has 94 valence electrons. The first-order chi connectivity index (χ1) is 8.02. The predicted octanol–water partition coefficient (Wildman–Crippen LogP) is 1.72. The standard InChI is InChI=1S/C11H17ClN4O/c1-3-11(2)7-16(4-5-17-11)9-6-8(12)14-10(13)15-9/h6H,3-5,7H2,1-2H3,(H2,13,14,15). The molecular formula is C11H17ClN4O. The van der Waals surface area contributed by atoms with Crippen molar-refractivity contribution in [1.29, 1.82) is 0 Å². The summed E-state index contributed by atoms with van der Waals surface area (Å²) < 4.78 is 5.78. The smallest absolute Gasteiger partial charge is 0.223 e. The fourth-order valence-corrected chi connectivity index (χ4v) is 2.11. The van der Waals surface area contributed by atoms with Crippen molar-refractivity contribution < 1.29 is 4.74 Å². The Kier molecular flexibility index (Phi) is 3.40. The molecule has 1 aliphatic heterocycles. The van der Waals surface area contributed by atoms with Crippen LogP contribution in [0.5, 0.6) is 0 Å². The molecule has 1 unspecified atom stereocenters. The van der Waals surface area contributed by atoms with Crippen LogP contribution >= 0.6 is 11.6 Å². The highest BCUT2D eigenvalue weighted by atomic mass is 35.5. The van der Waals surface area contributed by atoms with Gasteiger partial charge in [0.2, 0.25) is 5.95 Å². The van der Waals surface area contributed by atoms with Gasteiger partial charge in [0.1, 0.15) is 11.0 Å². The zero-order chi connectivity index (χ0) is 12.5. The molecule has 2 N–H and O–H groups in total. The van der Waals surface area contributed by atoms with Crippen LogP contribution in [0, 0.1) is 0 Å². The summed E-state index contributed by atoms with van der Waals surface area (Å²) in [5, 5.41) is 0.372. The van der Waals surface area contributed by atoms with E-state index in [1.165, 1.54) is 0 Å². The highest BCUT2D eigenvalue weighted by molar-refractivity contribution is 6.29. The van der Waals surface area contributed by atoms with Gasteiger partial charge in [-0.1, -0.05) is 18.5 Å². The first-order valence-electron chi connectivity index (χ1n) is 5.71. The molecule has 1 saturated heterocycles. The molecule has 2 heterocycles. The maximum absolute atomic E-state index is 5.89. The van der Waals surface area contributed by atoms with Crippen LogP contribution in [0.2, 0.25) is 5.15 Å². The Morgan fingerprint density at radius 1 is 1.59 bits per heavy atom. The van der Waals surface area contributed by atoms with Gasteiger partial charge in [0.15, 0.2) is 0 Å². The van der Waals surface area contributed by atoms with E-state index < -0.39 is 0 Å². The van der Waals surface area contributed by atoms with Gasteiger partial charge in [-0.15, -0.1) is 0 Å². The van der Waals surface area contributed by atoms with Crippen LogP contribution in [0.4, 0.5) is 11.8 Å². The van der Waals surface area contributed by atoms with E-state index in [1.807, 2.05) is 0 Å². The maximum Gasteiger partial charge on any atom is 0.223 e. The average Bonchev–Trinajstić information content (AvgIpc) is 2.28. The zero-order valence-electron chi connectivity index (χ0n) is 10.1. The first-order valence-corrected chi connectivity index (χ1v) is 6.09. The molecule has 1 fully saturated rings. The summed E-state index contributed by atoms with van der Waals surface area (Å²) in [5.74, 6) is 0.975. The lowest BCUT2D eigenvalue weighted by Gasteiger charge is -2.40. The van der Waals surface area contributed by atoms with E-state index in [2.05, 4.69) is 28.7 Å². The Balaban J connectivity index is 2.21. The van der Waals surface area contributed by atoms with Crippen LogP contribution in [0.3, 0.4) is 0 Å². The highest BCUT2D eigenvalue weighted by Crippen LogP contribution is 2.25. The molecule has 6 heteroatoms. The highest BCUT2D eigenvalue weighted by Gasteiger charge is 2.31. The van der Waals surface area contributed by atoms with Gasteiger partial charge in [-0.3, -0.25) is 0 Å². The van der Waals surface area contributed by atoms with Crippen molar-refractivity contribution in [3.8, 4) is 0 Å². The Morgan fingerprint density at radius 2 is 2.35 bits per heavy atom. The lowest BCUT2D eigenvalue weighted by atomic mass is 10.0. The molecule has 0 bridgehead atoms. The molecule has 0 radical (unpaired) electrons. The predicted molar refractivity (Wildman–Crippen MR) is 68.3 cm³/mol. The second-order valence-corrected chi connectivity index (χ2v) is 4.87.